The molecule has 1 N–H and O–H groups in total. The van der Waals surface area contributed by atoms with Crippen LogP contribution in [0.2, 0.25) is 0 Å². The molecule has 2 amide bonds. The first-order chi connectivity index (χ1) is 16.5. The summed E-state index contributed by atoms with van der Waals surface area (Å²) < 4.78 is 23.2. The summed E-state index contributed by atoms with van der Waals surface area (Å²) in [6.07, 6.45) is 0. The number of nitrogens with zero attached hydrogens (tertiary/aromatic N) is 3. The van der Waals surface area contributed by atoms with E-state index in [1.807, 2.05) is 28.8 Å². The molecule has 3 aromatic rings. The third kappa shape index (κ3) is 4.76. The van der Waals surface area contributed by atoms with Gasteiger partial charge in [0.05, 0.1) is 52.1 Å². The smallest absolute Gasteiger partial charge is 0.251 e. The van der Waals surface area contributed by atoms with Crippen LogP contribution in [0.5, 0.6) is 17.2 Å². The van der Waals surface area contributed by atoms with Crippen molar-refractivity contribution < 1.29 is 28.5 Å². The number of hydrogen-bond acceptors (Lipinski definition) is 7. The number of carbonyl (C=O) groups excluding carboxylic acids is 2. The van der Waals surface area contributed by atoms with E-state index < -0.39 is 0 Å². The minimum Gasteiger partial charge on any atom is -0.493 e. The fourth-order valence-corrected chi connectivity index (χ4v) is 3.96. The second-order valence-corrected chi connectivity index (χ2v) is 7.69. The first-order valence-corrected chi connectivity index (χ1v) is 10.9. The van der Waals surface area contributed by atoms with Crippen LogP contribution < -0.4 is 19.5 Å². The maximum atomic E-state index is 13.0. The van der Waals surface area contributed by atoms with Gasteiger partial charge in [0.25, 0.3) is 5.91 Å². The van der Waals surface area contributed by atoms with E-state index in [-0.39, 0.29) is 24.9 Å². The molecule has 34 heavy (non-hydrogen) atoms. The zero-order valence-corrected chi connectivity index (χ0v) is 19.5. The maximum absolute atomic E-state index is 13.0. The number of aromatic nitrogens is 2. The van der Waals surface area contributed by atoms with Crippen LogP contribution in [0, 0.1) is 0 Å². The van der Waals surface area contributed by atoms with E-state index in [1.54, 1.807) is 17.0 Å². The quantitative estimate of drug-likeness (QED) is 0.538. The number of benzene rings is 2. The Morgan fingerprint density at radius 1 is 1.03 bits per heavy atom. The Morgan fingerprint density at radius 2 is 1.71 bits per heavy atom. The molecule has 0 radical (unpaired) electrons. The van der Waals surface area contributed by atoms with Gasteiger partial charge < -0.3 is 33.7 Å². The number of nitrogens with one attached hydrogen (secondary N) is 1. The molecule has 2 aromatic carbocycles. The summed E-state index contributed by atoms with van der Waals surface area (Å²) in [5.41, 5.74) is 1.94. The molecule has 180 valence electrons. The molecule has 0 bridgehead atoms. The van der Waals surface area contributed by atoms with Gasteiger partial charge >= 0.3 is 0 Å². The molecule has 1 saturated heterocycles. The number of carbonyl (C=O) groups is 2. The largest absolute Gasteiger partial charge is 0.493 e. The van der Waals surface area contributed by atoms with Crippen LogP contribution in [0.1, 0.15) is 16.2 Å². The zero-order chi connectivity index (χ0) is 24.1. The Morgan fingerprint density at radius 3 is 2.35 bits per heavy atom. The third-order valence-electron chi connectivity index (χ3n) is 5.72. The summed E-state index contributed by atoms with van der Waals surface area (Å²) in [6.45, 7) is 2.48. The van der Waals surface area contributed by atoms with Gasteiger partial charge in [-0.2, -0.15) is 0 Å². The van der Waals surface area contributed by atoms with Crippen molar-refractivity contribution in [3.8, 4) is 17.2 Å². The summed E-state index contributed by atoms with van der Waals surface area (Å²) >= 11 is 0. The first-order valence-electron chi connectivity index (χ1n) is 10.9. The van der Waals surface area contributed by atoms with Crippen molar-refractivity contribution in [3.63, 3.8) is 0 Å². The van der Waals surface area contributed by atoms with E-state index in [2.05, 4.69) is 10.3 Å². The number of amides is 2. The van der Waals surface area contributed by atoms with Crippen LogP contribution >= 0.6 is 0 Å². The number of imidazole rings is 1. The van der Waals surface area contributed by atoms with E-state index in [0.717, 1.165) is 11.0 Å². The molecule has 1 fully saturated rings. The number of para-hydroxylation sites is 2. The summed E-state index contributed by atoms with van der Waals surface area (Å²) in [5.74, 6) is 1.42. The van der Waals surface area contributed by atoms with Gasteiger partial charge in [0, 0.05) is 18.7 Å². The Hall–Kier alpha value is -3.79. The number of hydrogen-bond donors (Lipinski definition) is 1. The second kappa shape index (κ2) is 10.4. The van der Waals surface area contributed by atoms with Crippen LogP contribution in [-0.2, 0) is 22.6 Å². The lowest BCUT2D eigenvalue weighted by molar-refractivity contribution is -0.135. The molecule has 4 rings (SSSR count). The van der Waals surface area contributed by atoms with E-state index in [9.17, 15) is 9.59 Å². The van der Waals surface area contributed by atoms with Crippen molar-refractivity contribution in [1.29, 1.82) is 0 Å². The Kier molecular flexibility index (Phi) is 7.17. The minimum absolute atomic E-state index is 0.0105. The Balaban J connectivity index is 1.56. The lowest BCUT2D eigenvalue weighted by Gasteiger charge is -2.27. The predicted octanol–water partition coefficient (Wildman–Crippen LogP) is 1.85. The number of morpholine rings is 1. The topological polar surface area (TPSA) is 104 Å². The lowest BCUT2D eigenvalue weighted by atomic mass is 10.1. The predicted molar refractivity (Wildman–Crippen MR) is 124 cm³/mol. The Labute approximate surface area is 197 Å². The van der Waals surface area contributed by atoms with Gasteiger partial charge in [0.1, 0.15) is 12.4 Å². The molecule has 2 heterocycles. The molecule has 1 aromatic heterocycles. The van der Waals surface area contributed by atoms with Gasteiger partial charge in [-0.25, -0.2) is 4.98 Å². The lowest BCUT2D eigenvalue weighted by Crippen LogP contribution is -2.42. The van der Waals surface area contributed by atoms with Crippen LogP contribution in [0.25, 0.3) is 11.0 Å². The second-order valence-electron chi connectivity index (χ2n) is 7.69. The standard InChI is InChI=1S/C24H28N4O6/c1-31-19-12-16(13-20(32-2)23(19)33-3)24(30)25-14-21-26-17-6-4-5-7-18(17)28(21)15-22(29)27-8-10-34-11-9-27/h4-7,12-13H,8-11,14-15H2,1-3H3,(H,25,30). The van der Waals surface area contributed by atoms with E-state index in [4.69, 9.17) is 18.9 Å². The summed E-state index contributed by atoms with van der Waals surface area (Å²) in [4.78, 5) is 32.3. The Bertz CT molecular complexity index is 1160. The molecule has 1 aliphatic rings. The van der Waals surface area contributed by atoms with Crippen molar-refractivity contribution in [2.75, 3.05) is 47.6 Å². The van der Waals surface area contributed by atoms with Crippen LogP contribution in [-0.4, -0.2) is 73.9 Å². The third-order valence-corrected chi connectivity index (χ3v) is 5.72. The van der Waals surface area contributed by atoms with Crippen LogP contribution in [0.3, 0.4) is 0 Å². The van der Waals surface area contributed by atoms with Gasteiger partial charge in [0.15, 0.2) is 11.5 Å². The molecule has 0 spiro atoms. The fourth-order valence-electron chi connectivity index (χ4n) is 3.96. The van der Waals surface area contributed by atoms with Crippen molar-refractivity contribution in [2.45, 2.75) is 13.1 Å². The highest BCUT2D eigenvalue weighted by Gasteiger charge is 2.21. The minimum atomic E-state index is -0.336. The molecule has 0 atom stereocenters. The van der Waals surface area contributed by atoms with Crippen LogP contribution in [0.15, 0.2) is 36.4 Å². The number of rotatable bonds is 8. The highest BCUT2D eigenvalue weighted by atomic mass is 16.5. The molecule has 0 saturated carbocycles. The average Bonchev–Trinajstić information content (AvgIpc) is 3.23. The van der Waals surface area contributed by atoms with Gasteiger partial charge in [-0.05, 0) is 24.3 Å². The molecule has 0 aliphatic carbocycles. The van der Waals surface area contributed by atoms with Crippen molar-refractivity contribution in [3.05, 3.63) is 47.8 Å². The van der Waals surface area contributed by atoms with E-state index >= 15 is 0 Å². The molecular weight excluding hydrogens is 440 g/mol. The summed E-state index contributed by atoms with van der Waals surface area (Å²) in [6, 6.07) is 10.8. The van der Waals surface area contributed by atoms with Crippen LogP contribution in [0.4, 0.5) is 0 Å². The number of fused-ring (bicyclic) bond motifs is 1. The zero-order valence-electron chi connectivity index (χ0n) is 19.5. The molecular formula is C24H28N4O6. The van der Waals surface area contributed by atoms with Crippen molar-refractivity contribution in [2.24, 2.45) is 0 Å². The van der Waals surface area contributed by atoms with Crippen molar-refractivity contribution in [1.82, 2.24) is 19.8 Å². The molecule has 1 aliphatic heterocycles. The molecule has 10 nitrogen and oxygen atoms in total. The van der Waals surface area contributed by atoms with Gasteiger partial charge in [-0.1, -0.05) is 12.1 Å². The summed E-state index contributed by atoms with van der Waals surface area (Å²) in [7, 11) is 4.49. The van der Waals surface area contributed by atoms with Gasteiger partial charge in [-0.15, -0.1) is 0 Å². The fraction of sp³-hybridized carbons (Fsp3) is 0.375. The summed E-state index contributed by atoms with van der Waals surface area (Å²) in [5, 5.41) is 2.89. The first kappa shape index (κ1) is 23.4. The number of ether oxygens (including phenoxy) is 4. The highest BCUT2D eigenvalue weighted by molar-refractivity contribution is 5.95. The monoisotopic (exact) mass is 468 g/mol. The van der Waals surface area contributed by atoms with Gasteiger partial charge in [-0.3, -0.25) is 9.59 Å². The average molecular weight is 469 g/mol. The van der Waals surface area contributed by atoms with Gasteiger partial charge in [0.2, 0.25) is 11.7 Å². The SMILES string of the molecule is COc1cc(C(=O)NCc2nc3ccccc3n2CC(=O)N2CCOCC2)cc(OC)c1OC. The molecule has 0 unspecified atom stereocenters. The number of methoxy groups -OCH3 is 3. The van der Waals surface area contributed by atoms with E-state index in [0.29, 0.717) is 54.9 Å². The molecule has 10 heteroatoms. The van der Waals surface area contributed by atoms with E-state index in [1.165, 1.54) is 21.3 Å². The highest BCUT2D eigenvalue weighted by Crippen LogP contribution is 2.38. The van der Waals surface area contributed by atoms with Crippen molar-refractivity contribution >= 4 is 22.8 Å². The normalized spacial score (nSPS) is 13.6. The maximum Gasteiger partial charge on any atom is 0.251 e.